The van der Waals surface area contributed by atoms with Crippen molar-refractivity contribution >= 4 is 62.9 Å². The van der Waals surface area contributed by atoms with E-state index in [-0.39, 0.29) is 23.9 Å². The topological polar surface area (TPSA) is 114 Å². The Morgan fingerprint density at radius 1 is 0.978 bits per heavy atom. The number of thiophene rings is 1. The van der Waals surface area contributed by atoms with Crippen molar-refractivity contribution in [2.75, 3.05) is 37.0 Å². The summed E-state index contributed by atoms with van der Waals surface area (Å²) < 4.78 is 11.7. The number of β-lactam (4-membered cyclic amide) rings is 1. The molecule has 0 bridgehead atoms. The van der Waals surface area contributed by atoms with E-state index in [4.69, 9.17) is 9.47 Å². The van der Waals surface area contributed by atoms with Gasteiger partial charge in [-0.3, -0.25) is 14.5 Å². The Bertz CT molecular complexity index is 1670. The number of thioether (sulfide) groups is 1. The first-order valence-electron chi connectivity index (χ1n) is 14.5. The molecule has 7 rings (SSSR count). The average molecular weight is 660 g/mol. The second-order valence-electron chi connectivity index (χ2n) is 10.6. The monoisotopic (exact) mass is 659 g/mol. The highest BCUT2D eigenvalue weighted by Gasteiger charge is 2.55. The van der Waals surface area contributed by atoms with E-state index in [0.717, 1.165) is 21.1 Å². The fourth-order valence-electron chi connectivity index (χ4n) is 5.54. The zero-order valence-corrected chi connectivity index (χ0v) is 26.5. The van der Waals surface area contributed by atoms with Crippen LogP contribution in [0.1, 0.15) is 27.1 Å². The van der Waals surface area contributed by atoms with Crippen LogP contribution < -0.4 is 10.2 Å². The first-order valence-corrected chi connectivity index (χ1v) is 17.3. The third kappa shape index (κ3) is 6.12. The van der Waals surface area contributed by atoms with Crippen molar-refractivity contribution in [3.63, 3.8) is 0 Å². The Morgan fingerprint density at radius 2 is 1.69 bits per heavy atom. The van der Waals surface area contributed by atoms with Crippen LogP contribution in [0.15, 0.2) is 83.9 Å². The van der Waals surface area contributed by atoms with Gasteiger partial charge in [0, 0.05) is 29.3 Å². The molecule has 0 radical (unpaired) electrons. The standard InChI is InChI=1S/C32H29N5O5S3/c38-24(18-22-12-7-17-43-22)33-25-29(39)37-26(31(40)42-27(20-8-3-1-4-9-20)21-10-5-2-6-11-21)23(19-44-30(25)37)28-34-35-32(45-28)36-13-15-41-16-14-36/h1-12,17,25,27,30H,13-16,18-19H2,(H,33,38)/t25?,30-/m1/s1. The summed E-state index contributed by atoms with van der Waals surface area (Å²) in [5.41, 5.74) is 2.35. The van der Waals surface area contributed by atoms with Crippen LogP contribution in [0.25, 0.3) is 5.57 Å². The summed E-state index contributed by atoms with van der Waals surface area (Å²) >= 11 is 4.36. The van der Waals surface area contributed by atoms with Crippen LogP contribution in [-0.2, 0) is 30.3 Å². The highest BCUT2D eigenvalue weighted by Crippen LogP contribution is 2.45. The first-order chi connectivity index (χ1) is 22.1. The Hall–Kier alpha value is -4.04. The lowest BCUT2D eigenvalue weighted by molar-refractivity contribution is -0.154. The van der Waals surface area contributed by atoms with Gasteiger partial charge >= 0.3 is 5.97 Å². The minimum Gasteiger partial charge on any atom is -0.448 e. The van der Waals surface area contributed by atoms with Crippen molar-refractivity contribution < 1.29 is 23.9 Å². The van der Waals surface area contributed by atoms with E-state index < -0.39 is 23.5 Å². The number of fused-ring (bicyclic) bond motifs is 1. The Labute approximate surface area is 272 Å². The summed E-state index contributed by atoms with van der Waals surface area (Å²) in [5, 5.41) is 14.5. The lowest BCUT2D eigenvalue weighted by atomic mass is 10.0. The molecule has 2 aromatic carbocycles. The number of nitrogens with one attached hydrogen (secondary N) is 1. The molecule has 4 aromatic rings. The number of morpholine rings is 1. The third-order valence-electron chi connectivity index (χ3n) is 7.78. The van der Waals surface area contributed by atoms with E-state index in [1.54, 1.807) is 0 Å². The number of nitrogens with zero attached hydrogens (tertiary/aromatic N) is 4. The number of hydrogen-bond acceptors (Lipinski definition) is 11. The highest BCUT2D eigenvalue weighted by atomic mass is 32.2. The molecule has 0 spiro atoms. The minimum absolute atomic E-state index is 0.147. The Morgan fingerprint density at radius 3 is 2.36 bits per heavy atom. The molecule has 3 aliphatic heterocycles. The number of carbonyl (C=O) groups excluding carboxylic acids is 3. The lowest BCUT2D eigenvalue weighted by Crippen LogP contribution is -2.70. The van der Waals surface area contributed by atoms with E-state index in [0.29, 0.717) is 42.6 Å². The molecule has 2 fully saturated rings. The third-order valence-corrected chi connectivity index (χ3v) is 11.0. The van der Waals surface area contributed by atoms with E-state index in [1.165, 1.54) is 39.3 Å². The minimum atomic E-state index is -0.746. The van der Waals surface area contributed by atoms with Crippen molar-refractivity contribution in [3.8, 4) is 0 Å². The zero-order chi connectivity index (χ0) is 30.8. The average Bonchev–Trinajstić information content (AvgIpc) is 3.79. The predicted molar refractivity (Wildman–Crippen MR) is 174 cm³/mol. The quantitative estimate of drug-likeness (QED) is 0.209. The van der Waals surface area contributed by atoms with Gasteiger partial charge in [-0.2, -0.15) is 0 Å². The Balaban J connectivity index is 1.21. The van der Waals surface area contributed by atoms with Gasteiger partial charge < -0.3 is 19.7 Å². The molecule has 2 saturated heterocycles. The van der Waals surface area contributed by atoms with Crippen LogP contribution in [0.2, 0.25) is 0 Å². The number of ether oxygens (including phenoxy) is 2. The van der Waals surface area contributed by atoms with Gasteiger partial charge in [0.15, 0.2) is 6.10 Å². The van der Waals surface area contributed by atoms with E-state index in [9.17, 15) is 14.4 Å². The van der Waals surface area contributed by atoms with Crippen LogP contribution >= 0.6 is 34.4 Å². The zero-order valence-electron chi connectivity index (χ0n) is 24.0. The summed E-state index contributed by atoms with van der Waals surface area (Å²) in [6, 6.07) is 22.1. The van der Waals surface area contributed by atoms with Crippen molar-refractivity contribution in [1.82, 2.24) is 20.4 Å². The fraction of sp³-hybridized carbons (Fsp3) is 0.281. The van der Waals surface area contributed by atoms with Gasteiger partial charge in [-0.15, -0.1) is 33.3 Å². The van der Waals surface area contributed by atoms with Crippen molar-refractivity contribution in [2.45, 2.75) is 23.9 Å². The number of carbonyl (C=O) groups is 3. The highest BCUT2D eigenvalue weighted by molar-refractivity contribution is 8.00. The van der Waals surface area contributed by atoms with E-state index in [1.807, 2.05) is 78.2 Å². The van der Waals surface area contributed by atoms with E-state index in [2.05, 4.69) is 20.4 Å². The molecule has 5 heterocycles. The second kappa shape index (κ2) is 13.1. The molecule has 2 aromatic heterocycles. The molecule has 2 amide bonds. The summed E-state index contributed by atoms with van der Waals surface area (Å²) in [7, 11) is 0. The molecule has 1 unspecified atom stereocenters. The van der Waals surface area contributed by atoms with Gasteiger partial charge in [-0.25, -0.2) is 4.79 Å². The molecular weight excluding hydrogens is 631 g/mol. The van der Waals surface area contributed by atoms with Gasteiger partial charge in [0.1, 0.15) is 22.1 Å². The molecule has 0 saturated carbocycles. The van der Waals surface area contributed by atoms with Crippen LogP contribution in [0.4, 0.5) is 5.13 Å². The molecule has 0 aliphatic carbocycles. The van der Waals surface area contributed by atoms with E-state index >= 15 is 0 Å². The molecule has 13 heteroatoms. The maximum atomic E-state index is 14.3. The fourth-order valence-corrected chi connectivity index (χ4v) is 8.62. The molecule has 3 aliphatic rings. The lowest BCUT2D eigenvalue weighted by Gasteiger charge is -2.49. The second-order valence-corrected chi connectivity index (χ2v) is 13.7. The summed E-state index contributed by atoms with van der Waals surface area (Å²) in [5.74, 6) is -0.824. The molecule has 45 heavy (non-hydrogen) atoms. The molecule has 2 atom stereocenters. The predicted octanol–water partition coefficient (Wildman–Crippen LogP) is 4.12. The number of esters is 1. The van der Waals surface area contributed by atoms with Crippen molar-refractivity contribution in [3.05, 3.63) is 105 Å². The molecule has 10 nitrogen and oxygen atoms in total. The van der Waals surface area contributed by atoms with Crippen LogP contribution in [0.5, 0.6) is 0 Å². The Kier molecular flexibility index (Phi) is 8.66. The number of aromatic nitrogens is 2. The van der Waals surface area contributed by atoms with Crippen LogP contribution in [-0.4, -0.2) is 76.4 Å². The van der Waals surface area contributed by atoms with Crippen molar-refractivity contribution in [2.24, 2.45) is 0 Å². The number of hydrogen-bond donors (Lipinski definition) is 1. The summed E-state index contributed by atoms with van der Waals surface area (Å²) in [6.45, 7) is 2.61. The number of rotatable bonds is 9. The van der Waals surface area contributed by atoms with Gasteiger partial charge in [-0.1, -0.05) is 78.1 Å². The van der Waals surface area contributed by atoms with Gasteiger partial charge in [0.25, 0.3) is 5.91 Å². The number of anilines is 1. The smallest absolute Gasteiger partial charge is 0.356 e. The van der Waals surface area contributed by atoms with Gasteiger partial charge in [-0.05, 0) is 22.6 Å². The van der Waals surface area contributed by atoms with Crippen molar-refractivity contribution in [1.29, 1.82) is 0 Å². The van der Waals surface area contributed by atoms with Gasteiger partial charge in [0.2, 0.25) is 11.0 Å². The number of amides is 2. The maximum Gasteiger partial charge on any atom is 0.356 e. The normalized spacial score (nSPS) is 19.7. The maximum absolute atomic E-state index is 14.3. The molecular formula is C32H29N5O5S3. The van der Waals surface area contributed by atoms with Gasteiger partial charge in [0.05, 0.1) is 19.6 Å². The van der Waals surface area contributed by atoms with Crippen LogP contribution in [0.3, 0.4) is 0 Å². The van der Waals surface area contributed by atoms with Crippen LogP contribution in [0, 0.1) is 0 Å². The number of benzene rings is 2. The largest absolute Gasteiger partial charge is 0.448 e. The molecule has 230 valence electrons. The first kappa shape index (κ1) is 29.7. The summed E-state index contributed by atoms with van der Waals surface area (Å²) in [4.78, 5) is 45.3. The molecule has 1 N–H and O–H groups in total. The summed E-state index contributed by atoms with van der Waals surface area (Å²) in [6.07, 6.45) is -0.502. The SMILES string of the molecule is O=C(Cc1cccs1)NC1C(=O)N2C(C(=O)OC(c3ccccc3)c3ccccc3)=C(c3nnc(N4CCOCC4)s3)CS[C@H]12.